The van der Waals surface area contributed by atoms with Crippen molar-refractivity contribution in [2.75, 3.05) is 0 Å². The normalized spacial score (nSPS) is 17.5. The fraction of sp³-hybridized carbons (Fsp3) is 0.333. The Morgan fingerprint density at radius 3 is 2.38 bits per heavy atom. The van der Waals surface area contributed by atoms with Crippen LogP contribution in [0.25, 0.3) is 0 Å². The molecule has 0 saturated heterocycles. The summed E-state index contributed by atoms with van der Waals surface area (Å²) in [5, 5.41) is 3.72. The fourth-order valence-electron chi connectivity index (χ4n) is 2.79. The Kier molecular flexibility index (Phi) is 4.41. The smallest absolute Gasteiger partial charge is 0.123 e. The maximum atomic E-state index is 13.1. The van der Waals surface area contributed by atoms with Crippen LogP contribution in [-0.2, 0) is 0 Å². The Morgan fingerprint density at radius 1 is 1.10 bits per heavy atom. The van der Waals surface area contributed by atoms with Crippen molar-refractivity contribution in [2.24, 2.45) is 5.92 Å². The topological polar surface area (TPSA) is 12.0 Å². The first-order chi connectivity index (χ1) is 10.1. The van der Waals surface area contributed by atoms with E-state index in [1.54, 1.807) is 12.1 Å². The predicted octanol–water partition coefficient (Wildman–Crippen LogP) is 5.39. The molecule has 1 aliphatic carbocycles. The van der Waals surface area contributed by atoms with Crippen LogP contribution < -0.4 is 5.32 Å². The molecule has 1 nitrogen and oxygen atoms in total. The first kappa shape index (κ1) is 14.7. The number of benzene rings is 2. The van der Waals surface area contributed by atoms with Gasteiger partial charge in [-0.2, -0.15) is 0 Å². The van der Waals surface area contributed by atoms with Crippen molar-refractivity contribution < 1.29 is 4.39 Å². The van der Waals surface area contributed by atoms with Gasteiger partial charge in [0.2, 0.25) is 0 Å². The van der Waals surface area contributed by atoms with Crippen LogP contribution in [-0.4, -0.2) is 0 Å². The molecule has 0 aliphatic heterocycles. The van der Waals surface area contributed by atoms with Gasteiger partial charge in [-0.05, 0) is 55.0 Å². The summed E-state index contributed by atoms with van der Waals surface area (Å²) in [6.07, 6.45) is 2.50. The van der Waals surface area contributed by atoms with Crippen LogP contribution in [0.2, 0.25) is 0 Å². The molecule has 0 spiro atoms. The summed E-state index contributed by atoms with van der Waals surface area (Å²) >= 11 is 3.62. The Bertz CT molecular complexity index is 607. The number of hydrogen-bond donors (Lipinski definition) is 1. The van der Waals surface area contributed by atoms with E-state index in [-0.39, 0.29) is 11.9 Å². The van der Waals surface area contributed by atoms with Gasteiger partial charge in [-0.25, -0.2) is 4.39 Å². The number of rotatable bonds is 5. The highest BCUT2D eigenvalue weighted by atomic mass is 79.9. The van der Waals surface area contributed by atoms with E-state index >= 15 is 0 Å². The molecule has 0 radical (unpaired) electrons. The van der Waals surface area contributed by atoms with E-state index in [2.05, 4.69) is 46.4 Å². The second kappa shape index (κ2) is 6.29. The Balaban J connectivity index is 1.79. The minimum absolute atomic E-state index is 0.174. The molecule has 2 aromatic carbocycles. The molecule has 1 fully saturated rings. The SMILES string of the molecule is C[C@@H](NC(c1ccc(F)cc1)C1CC1)c1ccccc1Br. The zero-order valence-corrected chi connectivity index (χ0v) is 13.6. The van der Waals surface area contributed by atoms with Crippen LogP contribution in [0.4, 0.5) is 4.39 Å². The molecule has 1 unspecified atom stereocenters. The van der Waals surface area contributed by atoms with Gasteiger partial charge in [-0.15, -0.1) is 0 Å². The summed E-state index contributed by atoms with van der Waals surface area (Å²) in [6, 6.07) is 15.7. The van der Waals surface area contributed by atoms with E-state index < -0.39 is 0 Å². The third-order valence-corrected chi connectivity index (χ3v) is 4.85. The van der Waals surface area contributed by atoms with Crippen molar-refractivity contribution in [3.05, 3.63) is 69.9 Å². The highest BCUT2D eigenvalue weighted by Crippen LogP contribution is 2.42. The second-order valence-corrected chi connectivity index (χ2v) is 6.63. The van der Waals surface area contributed by atoms with Crippen molar-refractivity contribution >= 4 is 15.9 Å². The molecule has 1 N–H and O–H groups in total. The van der Waals surface area contributed by atoms with E-state index in [0.717, 1.165) is 4.47 Å². The number of halogens is 2. The van der Waals surface area contributed by atoms with Gasteiger partial charge in [0.1, 0.15) is 5.82 Å². The van der Waals surface area contributed by atoms with Crippen molar-refractivity contribution in [3.8, 4) is 0 Å². The van der Waals surface area contributed by atoms with E-state index in [4.69, 9.17) is 0 Å². The summed E-state index contributed by atoms with van der Waals surface area (Å²) in [4.78, 5) is 0. The maximum Gasteiger partial charge on any atom is 0.123 e. The Labute approximate surface area is 133 Å². The van der Waals surface area contributed by atoms with Crippen LogP contribution in [0, 0.1) is 11.7 Å². The van der Waals surface area contributed by atoms with E-state index in [0.29, 0.717) is 12.0 Å². The summed E-state index contributed by atoms with van der Waals surface area (Å²) < 4.78 is 14.2. The lowest BCUT2D eigenvalue weighted by Gasteiger charge is -2.25. The lowest BCUT2D eigenvalue weighted by Crippen LogP contribution is -2.26. The second-order valence-electron chi connectivity index (χ2n) is 5.78. The minimum Gasteiger partial charge on any atom is -0.303 e. The van der Waals surface area contributed by atoms with Crippen LogP contribution in [0.1, 0.15) is 43.0 Å². The Hall–Kier alpha value is -1.19. The maximum absolute atomic E-state index is 13.1. The van der Waals surface area contributed by atoms with Gasteiger partial charge in [0.05, 0.1) is 0 Å². The van der Waals surface area contributed by atoms with Gasteiger partial charge < -0.3 is 5.32 Å². The van der Waals surface area contributed by atoms with E-state index in [9.17, 15) is 4.39 Å². The Morgan fingerprint density at radius 2 is 1.76 bits per heavy atom. The van der Waals surface area contributed by atoms with Gasteiger partial charge in [-0.3, -0.25) is 0 Å². The molecule has 110 valence electrons. The van der Waals surface area contributed by atoms with Crippen LogP contribution in [0.3, 0.4) is 0 Å². The zero-order chi connectivity index (χ0) is 14.8. The predicted molar refractivity (Wildman–Crippen MR) is 87.6 cm³/mol. The average Bonchev–Trinajstić information content (AvgIpc) is 3.31. The molecule has 2 atom stereocenters. The van der Waals surface area contributed by atoms with Crippen LogP contribution in [0.15, 0.2) is 53.0 Å². The molecular formula is C18H19BrFN. The van der Waals surface area contributed by atoms with Crippen molar-refractivity contribution in [3.63, 3.8) is 0 Å². The lowest BCUT2D eigenvalue weighted by molar-refractivity contribution is 0.426. The van der Waals surface area contributed by atoms with E-state index in [1.807, 2.05) is 18.2 Å². The van der Waals surface area contributed by atoms with Gasteiger partial charge in [0, 0.05) is 16.6 Å². The highest BCUT2D eigenvalue weighted by Gasteiger charge is 2.33. The number of hydrogen-bond acceptors (Lipinski definition) is 1. The minimum atomic E-state index is -0.174. The summed E-state index contributed by atoms with van der Waals surface area (Å²) in [6.45, 7) is 2.18. The quantitative estimate of drug-likeness (QED) is 0.764. The molecule has 0 aromatic heterocycles. The molecule has 0 amide bonds. The molecule has 21 heavy (non-hydrogen) atoms. The molecule has 1 saturated carbocycles. The van der Waals surface area contributed by atoms with E-state index in [1.165, 1.54) is 24.0 Å². The molecule has 0 bridgehead atoms. The van der Waals surface area contributed by atoms with Crippen LogP contribution in [0.5, 0.6) is 0 Å². The summed E-state index contributed by atoms with van der Waals surface area (Å²) in [5.74, 6) is 0.493. The summed E-state index contributed by atoms with van der Waals surface area (Å²) in [5.41, 5.74) is 2.43. The average molecular weight is 348 g/mol. The first-order valence-corrected chi connectivity index (χ1v) is 8.20. The third kappa shape index (κ3) is 3.53. The van der Waals surface area contributed by atoms with Gasteiger partial charge in [0.25, 0.3) is 0 Å². The van der Waals surface area contributed by atoms with Crippen molar-refractivity contribution in [2.45, 2.75) is 31.8 Å². The van der Waals surface area contributed by atoms with Crippen molar-refractivity contribution in [1.82, 2.24) is 5.32 Å². The molecular weight excluding hydrogens is 329 g/mol. The van der Waals surface area contributed by atoms with Gasteiger partial charge in [0.15, 0.2) is 0 Å². The van der Waals surface area contributed by atoms with Gasteiger partial charge >= 0.3 is 0 Å². The van der Waals surface area contributed by atoms with Crippen molar-refractivity contribution in [1.29, 1.82) is 0 Å². The number of nitrogens with one attached hydrogen (secondary N) is 1. The highest BCUT2D eigenvalue weighted by molar-refractivity contribution is 9.10. The standard InChI is InChI=1S/C18H19BrFN/c1-12(16-4-2-3-5-17(16)19)21-18(13-6-7-13)14-8-10-15(20)11-9-14/h2-5,8-13,18,21H,6-7H2,1H3/t12-,18?/m1/s1. The zero-order valence-electron chi connectivity index (χ0n) is 12.0. The molecule has 3 rings (SSSR count). The molecule has 2 aromatic rings. The monoisotopic (exact) mass is 347 g/mol. The lowest BCUT2D eigenvalue weighted by atomic mass is 9.99. The van der Waals surface area contributed by atoms with Gasteiger partial charge in [-0.1, -0.05) is 46.3 Å². The largest absolute Gasteiger partial charge is 0.303 e. The molecule has 3 heteroatoms. The first-order valence-electron chi connectivity index (χ1n) is 7.41. The fourth-order valence-corrected chi connectivity index (χ4v) is 3.42. The van der Waals surface area contributed by atoms with Crippen LogP contribution >= 0.6 is 15.9 Å². The molecule has 0 heterocycles. The summed E-state index contributed by atoms with van der Waals surface area (Å²) in [7, 11) is 0. The molecule has 1 aliphatic rings. The third-order valence-electron chi connectivity index (χ3n) is 4.12.